The van der Waals surface area contributed by atoms with E-state index in [9.17, 15) is 13.6 Å². The van der Waals surface area contributed by atoms with Crippen LogP contribution >= 0.6 is 23.1 Å². The van der Waals surface area contributed by atoms with Crippen LogP contribution in [0.5, 0.6) is 0 Å². The Balaban J connectivity index is 1.57. The molecule has 1 heterocycles. The van der Waals surface area contributed by atoms with E-state index in [1.165, 1.54) is 59.5 Å². The molecule has 0 saturated heterocycles. The number of carbonyl (C=O) groups excluding carboxylic acids is 1. The lowest BCUT2D eigenvalue weighted by molar-refractivity contribution is -0.115. The van der Waals surface area contributed by atoms with Gasteiger partial charge in [0.1, 0.15) is 11.6 Å². The van der Waals surface area contributed by atoms with Gasteiger partial charge in [0.25, 0.3) is 0 Å². The van der Waals surface area contributed by atoms with Crippen molar-refractivity contribution in [1.82, 2.24) is 10.2 Å². The molecular formula is C17H14F2N4OS2. The van der Waals surface area contributed by atoms with E-state index in [-0.39, 0.29) is 17.5 Å². The van der Waals surface area contributed by atoms with Crippen LogP contribution in [0.2, 0.25) is 0 Å². The first-order valence-electron chi connectivity index (χ1n) is 7.59. The number of hydrogen-bond acceptors (Lipinski definition) is 6. The molecule has 3 rings (SSSR count). The van der Waals surface area contributed by atoms with Crippen LogP contribution in [0, 0.1) is 11.6 Å². The quantitative estimate of drug-likeness (QED) is 0.596. The van der Waals surface area contributed by atoms with Crippen molar-refractivity contribution >= 4 is 45.5 Å². The summed E-state index contributed by atoms with van der Waals surface area (Å²) in [5, 5.41) is 13.8. The van der Waals surface area contributed by atoms with Crippen molar-refractivity contribution in [1.29, 1.82) is 0 Å². The summed E-state index contributed by atoms with van der Waals surface area (Å²) in [4.78, 5) is 12.2. The number of rotatable bonds is 6. The normalized spacial score (nSPS) is 11.8. The van der Waals surface area contributed by atoms with Gasteiger partial charge in [0.15, 0.2) is 4.34 Å². The first-order valence-corrected chi connectivity index (χ1v) is 9.28. The number of nitrogens with one attached hydrogen (secondary N) is 2. The molecule has 134 valence electrons. The minimum Gasteiger partial charge on any atom is -0.330 e. The van der Waals surface area contributed by atoms with Crippen molar-refractivity contribution in [3.63, 3.8) is 0 Å². The molecule has 0 aliphatic rings. The predicted octanol–water partition coefficient (Wildman–Crippen LogP) is 4.68. The molecule has 1 aromatic heterocycles. The SMILES string of the molecule is C[C@@H](Sc1nnc(Nc2cccc(F)c2)s1)C(=O)Nc1ccc(F)cc1. The minimum absolute atomic E-state index is 0.226. The molecule has 2 aromatic carbocycles. The van der Waals surface area contributed by atoms with Crippen molar-refractivity contribution in [2.75, 3.05) is 10.6 Å². The van der Waals surface area contributed by atoms with E-state index >= 15 is 0 Å². The van der Waals surface area contributed by atoms with Gasteiger partial charge in [0, 0.05) is 11.4 Å². The molecule has 0 radical (unpaired) electrons. The van der Waals surface area contributed by atoms with Gasteiger partial charge in [-0.15, -0.1) is 10.2 Å². The number of carbonyl (C=O) groups is 1. The first-order chi connectivity index (χ1) is 12.5. The molecule has 2 N–H and O–H groups in total. The molecular weight excluding hydrogens is 378 g/mol. The van der Waals surface area contributed by atoms with Gasteiger partial charge in [-0.25, -0.2) is 8.78 Å². The third-order valence-corrected chi connectivity index (χ3v) is 5.26. The second-order valence-electron chi connectivity index (χ2n) is 5.26. The van der Waals surface area contributed by atoms with Crippen LogP contribution in [0.15, 0.2) is 52.9 Å². The highest BCUT2D eigenvalue weighted by molar-refractivity contribution is 8.02. The van der Waals surface area contributed by atoms with Gasteiger partial charge >= 0.3 is 0 Å². The summed E-state index contributed by atoms with van der Waals surface area (Å²) in [5.74, 6) is -0.936. The molecule has 0 unspecified atom stereocenters. The summed E-state index contributed by atoms with van der Waals surface area (Å²) in [7, 11) is 0. The molecule has 1 amide bonds. The Morgan fingerprint density at radius 3 is 2.58 bits per heavy atom. The van der Waals surface area contributed by atoms with E-state index in [0.717, 1.165) is 0 Å². The highest BCUT2D eigenvalue weighted by Gasteiger charge is 2.17. The van der Waals surface area contributed by atoms with Crippen LogP contribution < -0.4 is 10.6 Å². The number of nitrogens with zero attached hydrogens (tertiary/aromatic N) is 2. The molecule has 5 nitrogen and oxygen atoms in total. The van der Waals surface area contributed by atoms with E-state index < -0.39 is 5.25 Å². The summed E-state index contributed by atoms with van der Waals surface area (Å²) < 4.78 is 26.7. The Morgan fingerprint density at radius 1 is 1.08 bits per heavy atom. The van der Waals surface area contributed by atoms with Crippen molar-refractivity contribution in [2.24, 2.45) is 0 Å². The maximum absolute atomic E-state index is 13.2. The van der Waals surface area contributed by atoms with Crippen LogP contribution in [0.3, 0.4) is 0 Å². The van der Waals surface area contributed by atoms with E-state index in [4.69, 9.17) is 0 Å². The lowest BCUT2D eigenvalue weighted by Crippen LogP contribution is -2.22. The number of benzene rings is 2. The van der Waals surface area contributed by atoms with Crippen molar-refractivity contribution in [3.05, 3.63) is 60.2 Å². The average Bonchev–Trinajstić information content (AvgIpc) is 3.03. The number of aromatic nitrogens is 2. The van der Waals surface area contributed by atoms with E-state index in [2.05, 4.69) is 20.8 Å². The minimum atomic E-state index is -0.421. The summed E-state index contributed by atoms with van der Waals surface area (Å²) in [6, 6.07) is 11.6. The summed E-state index contributed by atoms with van der Waals surface area (Å²) >= 11 is 2.52. The fourth-order valence-electron chi connectivity index (χ4n) is 1.98. The van der Waals surface area contributed by atoms with Crippen LogP contribution in [0.25, 0.3) is 0 Å². The second kappa shape index (κ2) is 8.24. The molecule has 1 atom stereocenters. The van der Waals surface area contributed by atoms with Crippen molar-refractivity contribution in [2.45, 2.75) is 16.5 Å². The van der Waals surface area contributed by atoms with Crippen LogP contribution in [0.4, 0.5) is 25.3 Å². The number of halogens is 2. The van der Waals surface area contributed by atoms with Crippen LogP contribution in [0.1, 0.15) is 6.92 Å². The Morgan fingerprint density at radius 2 is 1.85 bits per heavy atom. The van der Waals surface area contributed by atoms with Gasteiger partial charge in [-0.05, 0) is 49.4 Å². The molecule has 0 bridgehead atoms. The lowest BCUT2D eigenvalue weighted by Gasteiger charge is -2.10. The van der Waals surface area contributed by atoms with Gasteiger partial charge in [0.05, 0.1) is 5.25 Å². The third-order valence-electron chi connectivity index (χ3n) is 3.24. The van der Waals surface area contributed by atoms with Crippen molar-refractivity contribution < 1.29 is 13.6 Å². The third kappa shape index (κ3) is 4.99. The molecule has 0 fully saturated rings. The molecule has 9 heteroatoms. The van der Waals surface area contributed by atoms with Crippen molar-refractivity contribution in [3.8, 4) is 0 Å². The van der Waals surface area contributed by atoms with Gasteiger partial charge in [-0.2, -0.15) is 0 Å². The average molecular weight is 392 g/mol. The predicted molar refractivity (Wildman–Crippen MR) is 99.9 cm³/mol. The number of thioether (sulfide) groups is 1. The molecule has 0 aliphatic carbocycles. The zero-order chi connectivity index (χ0) is 18.5. The zero-order valence-corrected chi connectivity index (χ0v) is 15.2. The second-order valence-corrected chi connectivity index (χ2v) is 7.83. The highest BCUT2D eigenvalue weighted by atomic mass is 32.2. The molecule has 3 aromatic rings. The largest absolute Gasteiger partial charge is 0.330 e. The highest BCUT2D eigenvalue weighted by Crippen LogP contribution is 2.31. The molecule has 0 aliphatic heterocycles. The van der Waals surface area contributed by atoms with E-state index in [1.54, 1.807) is 19.1 Å². The fraction of sp³-hybridized carbons (Fsp3) is 0.118. The standard InChI is InChI=1S/C17H14F2N4OS2/c1-10(15(24)20-13-7-5-11(18)6-8-13)25-17-23-22-16(26-17)21-14-4-2-3-12(19)9-14/h2-10H,1H3,(H,20,24)(H,21,22)/t10-/m1/s1. The van der Waals surface area contributed by atoms with Gasteiger partial charge in [-0.1, -0.05) is 29.2 Å². The Kier molecular flexibility index (Phi) is 5.79. The molecule has 0 saturated carbocycles. The Labute approximate surface area is 156 Å². The number of amides is 1. The Hall–Kier alpha value is -2.52. The van der Waals surface area contributed by atoms with Gasteiger partial charge in [-0.3, -0.25) is 4.79 Å². The van der Waals surface area contributed by atoms with Crippen LogP contribution in [-0.2, 0) is 4.79 Å². The topological polar surface area (TPSA) is 66.9 Å². The van der Waals surface area contributed by atoms with Crippen LogP contribution in [-0.4, -0.2) is 21.4 Å². The van der Waals surface area contributed by atoms with Gasteiger partial charge in [0.2, 0.25) is 11.0 Å². The first kappa shape index (κ1) is 18.3. The summed E-state index contributed by atoms with van der Waals surface area (Å²) in [5.41, 5.74) is 1.09. The number of hydrogen-bond donors (Lipinski definition) is 2. The maximum Gasteiger partial charge on any atom is 0.237 e. The smallest absolute Gasteiger partial charge is 0.237 e. The zero-order valence-electron chi connectivity index (χ0n) is 13.6. The monoisotopic (exact) mass is 392 g/mol. The lowest BCUT2D eigenvalue weighted by atomic mass is 10.3. The molecule has 26 heavy (non-hydrogen) atoms. The fourth-order valence-corrected chi connectivity index (χ4v) is 3.90. The summed E-state index contributed by atoms with van der Waals surface area (Å²) in [6.45, 7) is 1.74. The Bertz CT molecular complexity index is 902. The van der Waals surface area contributed by atoms with Gasteiger partial charge < -0.3 is 10.6 Å². The summed E-state index contributed by atoms with van der Waals surface area (Å²) in [6.07, 6.45) is 0. The number of anilines is 3. The van der Waals surface area contributed by atoms with E-state index in [0.29, 0.717) is 20.8 Å². The maximum atomic E-state index is 13.2. The van der Waals surface area contributed by atoms with E-state index in [1.807, 2.05) is 0 Å². The molecule has 0 spiro atoms.